The zero-order chi connectivity index (χ0) is 7.78. The molecule has 0 N–H and O–H groups in total. The zero-order valence-corrected chi connectivity index (χ0v) is 6.36. The Labute approximate surface area is 66.2 Å². The van der Waals surface area contributed by atoms with Gasteiger partial charge in [0.2, 0.25) is 6.79 Å². The van der Waals surface area contributed by atoms with Crippen molar-refractivity contribution in [2.24, 2.45) is 0 Å². The molecule has 0 unspecified atom stereocenters. The Morgan fingerprint density at radius 2 is 1.73 bits per heavy atom. The monoisotopic (exact) mass is 156 g/mol. The highest BCUT2D eigenvalue weighted by atomic mass is 16.7. The van der Waals surface area contributed by atoms with Crippen LogP contribution in [0.5, 0.6) is 0 Å². The van der Waals surface area contributed by atoms with Crippen LogP contribution in [0.25, 0.3) is 0 Å². The van der Waals surface area contributed by atoms with Gasteiger partial charge in [0.25, 0.3) is 0 Å². The fourth-order valence-corrected chi connectivity index (χ4v) is 0.685. The van der Waals surface area contributed by atoms with Gasteiger partial charge in [0, 0.05) is 0 Å². The first-order valence-electron chi connectivity index (χ1n) is 3.65. The van der Waals surface area contributed by atoms with Crippen LogP contribution in [0.15, 0.2) is 24.9 Å². The largest absolute Gasteiger partial charge is 0.502 e. The van der Waals surface area contributed by atoms with Crippen molar-refractivity contribution in [1.82, 2.24) is 0 Å². The van der Waals surface area contributed by atoms with Gasteiger partial charge in [-0.15, -0.1) is 0 Å². The van der Waals surface area contributed by atoms with Gasteiger partial charge in [-0.1, -0.05) is 0 Å². The van der Waals surface area contributed by atoms with Crippen LogP contribution in [0, 0.1) is 0 Å². The Morgan fingerprint density at radius 3 is 1.91 bits per heavy atom. The lowest BCUT2D eigenvalue weighted by Gasteiger charge is -2.01. The molecule has 62 valence electrons. The van der Waals surface area contributed by atoms with Gasteiger partial charge in [0.1, 0.15) is 12.5 Å². The first-order chi connectivity index (χ1) is 5.50. The number of rotatable bonds is 0. The average molecular weight is 156 g/mol. The minimum Gasteiger partial charge on any atom is -0.502 e. The molecule has 0 aromatic rings. The van der Waals surface area contributed by atoms with E-state index in [1.165, 1.54) is 25.4 Å². The first-order valence-corrected chi connectivity index (χ1v) is 3.65. The van der Waals surface area contributed by atoms with Gasteiger partial charge in [0.15, 0.2) is 0 Å². The van der Waals surface area contributed by atoms with E-state index in [-0.39, 0.29) is 0 Å². The van der Waals surface area contributed by atoms with E-state index in [1.54, 1.807) is 6.26 Å². The van der Waals surface area contributed by atoms with E-state index < -0.39 is 0 Å². The molecule has 2 heterocycles. The topological polar surface area (TPSA) is 27.7 Å². The SMILES string of the molecule is C1=COCCC1.C1=COCO1. The minimum absolute atomic E-state index is 0.389. The molecule has 0 atom stereocenters. The van der Waals surface area contributed by atoms with Crippen molar-refractivity contribution in [2.45, 2.75) is 12.8 Å². The van der Waals surface area contributed by atoms with Crippen LogP contribution < -0.4 is 0 Å². The maximum Gasteiger partial charge on any atom is 0.229 e. The Bertz CT molecular complexity index is 126. The van der Waals surface area contributed by atoms with Crippen LogP contribution in [0.1, 0.15) is 12.8 Å². The summed E-state index contributed by atoms with van der Waals surface area (Å²) < 4.78 is 14.0. The third-order valence-electron chi connectivity index (χ3n) is 1.21. The molecule has 11 heavy (non-hydrogen) atoms. The van der Waals surface area contributed by atoms with E-state index in [2.05, 4.69) is 9.47 Å². The van der Waals surface area contributed by atoms with Crippen molar-refractivity contribution >= 4 is 0 Å². The average Bonchev–Trinajstić information content (AvgIpc) is 2.64. The Kier molecular flexibility index (Phi) is 4.10. The molecule has 3 heteroatoms. The van der Waals surface area contributed by atoms with Gasteiger partial charge >= 0.3 is 0 Å². The van der Waals surface area contributed by atoms with Crippen LogP contribution in [-0.4, -0.2) is 13.4 Å². The summed E-state index contributed by atoms with van der Waals surface area (Å²) in [5.41, 5.74) is 0. The normalized spacial score (nSPS) is 18.9. The van der Waals surface area contributed by atoms with Gasteiger partial charge in [-0.05, 0) is 18.9 Å². The van der Waals surface area contributed by atoms with Crippen molar-refractivity contribution in [3.63, 3.8) is 0 Å². The molecule has 0 saturated carbocycles. The second kappa shape index (κ2) is 5.65. The molecule has 2 rings (SSSR count). The Morgan fingerprint density at radius 1 is 0.909 bits per heavy atom. The van der Waals surface area contributed by atoms with Crippen LogP contribution >= 0.6 is 0 Å². The molecule has 0 saturated heterocycles. The van der Waals surface area contributed by atoms with E-state index >= 15 is 0 Å². The van der Waals surface area contributed by atoms with Crippen molar-refractivity contribution in [3.05, 3.63) is 24.9 Å². The molecule has 0 fully saturated rings. The quantitative estimate of drug-likeness (QED) is 0.535. The maximum absolute atomic E-state index is 4.89. The van der Waals surface area contributed by atoms with Crippen molar-refractivity contribution < 1.29 is 14.2 Å². The van der Waals surface area contributed by atoms with E-state index in [0.29, 0.717) is 6.79 Å². The first kappa shape index (κ1) is 7.98. The Hall–Kier alpha value is -1.12. The fourth-order valence-electron chi connectivity index (χ4n) is 0.685. The highest BCUT2D eigenvalue weighted by Crippen LogP contribution is 1.97. The molecule has 0 aromatic heterocycles. The molecule has 0 amide bonds. The third-order valence-corrected chi connectivity index (χ3v) is 1.21. The molecule has 0 aliphatic carbocycles. The molecule has 0 bridgehead atoms. The summed E-state index contributed by atoms with van der Waals surface area (Å²) in [6, 6.07) is 0. The van der Waals surface area contributed by atoms with Gasteiger partial charge in [-0.2, -0.15) is 0 Å². The number of ether oxygens (including phenoxy) is 3. The zero-order valence-electron chi connectivity index (χ0n) is 6.36. The molecule has 0 spiro atoms. The van der Waals surface area contributed by atoms with Crippen LogP contribution in [0.2, 0.25) is 0 Å². The highest BCUT2D eigenvalue weighted by molar-refractivity contribution is 4.76. The standard InChI is InChI=1S/C5H8O.C3H4O2/c1-2-4-6-5-3-1;1-2-5-3-4-1/h2,4H,1,3,5H2;1-2H,3H2. The van der Waals surface area contributed by atoms with Crippen molar-refractivity contribution in [1.29, 1.82) is 0 Å². The number of hydrogen-bond acceptors (Lipinski definition) is 3. The molecule has 0 aromatic carbocycles. The number of hydrogen-bond donors (Lipinski definition) is 0. The lowest BCUT2D eigenvalue weighted by atomic mass is 10.3. The smallest absolute Gasteiger partial charge is 0.229 e. The summed E-state index contributed by atoms with van der Waals surface area (Å²) in [4.78, 5) is 0. The molecule has 3 nitrogen and oxygen atoms in total. The van der Waals surface area contributed by atoms with E-state index in [1.807, 2.05) is 6.08 Å². The van der Waals surface area contributed by atoms with E-state index in [0.717, 1.165) is 6.61 Å². The predicted molar refractivity (Wildman–Crippen MR) is 40.5 cm³/mol. The van der Waals surface area contributed by atoms with Gasteiger partial charge < -0.3 is 14.2 Å². The summed E-state index contributed by atoms with van der Waals surface area (Å²) in [7, 11) is 0. The third kappa shape index (κ3) is 4.31. The highest BCUT2D eigenvalue weighted by Gasteiger charge is 1.86. The van der Waals surface area contributed by atoms with E-state index in [9.17, 15) is 0 Å². The predicted octanol–water partition coefficient (Wildman–Crippen LogP) is 1.77. The summed E-state index contributed by atoms with van der Waals surface area (Å²) in [6.07, 6.45) is 9.23. The summed E-state index contributed by atoms with van der Waals surface area (Å²) in [5, 5.41) is 0. The van der Waals surface area contributed by atoms with E-state index in [4.69, 9.17) is 4.74 Å². The molecule has 2 aliphatic heterocycles. The number of allylic oxidation sites excluding steroid dienone is 1. The summed E-state index contributed by atoms with van der Waals surface area (Å²) >= 11 is 0. The molecule has 0 radical (unpaired) electrons. The lowest BCUT2D eigenvalue weighted by Crippen LogP contribution is -1.90. The van der Waals surface area contributed by atoms with Crippen molar-refractivity contribution in [2.75, 3.05) is 13.4 Å². The Balaban J connectivity index is 0.000000112. The molecular formula is C8H12O3. The van der Waals surface area contributed by atoms with Crippen LogP contribution in [-0.2, 0) is 14.2 Å². The van der Waals surface area contributed by atoms with Gasteiger partial charge in [-0.25, -0.2) is 0 Å². The van der Waals surface area contributed by atoms with Crippen LogP contribution in [0.4, 0.5) is 0 Å². The van der Waals surface area contributed by atoms with Crippen LogP contribution in [0.3, 0.4) is 0 Å². The lowest BCUT2D eigenvalue weighted by molar-refractivity contribution is 0.0920. The van der Waals surface area contributed by atoms with Gasteiger partial charge in [-0.3, -0.25) is 0 Å². The second-order valence-corrected chi connectivity index (χ2v) is 2.11. The minimum atomic E-state index is 0.389. The fraction of sp³-hybridized carbons (Fsp3) is 0.500. The maximum atomic E-state index is 4.89. The van der Waals surface area contributed by atoms with Gasteiger partial charge in [0.05, 0.1) is 12.9 Å². The summed E-state index contributed by atoms with van der Waals surface area (Å²) in [5.74, 6) is 0. The molecule has 2 aliphatic rings. The summed E-state index contributed by atoms with van der Waals surface area (Å²) in [6.45, 7) is 1.30. The second-order valence-electron chi connectivity index (χ2n) is 2.11. The molecular weight excluding hydrogens is 144 g/mol. The van der Waals surface area contributed by atoms with Crippen molar-refractivity contribution in [3.8, 4) is 0 Å².